The van der Waals surface area contributed by atoms with Gasteiger partial charge in [-0.2, -0.15) is 0 Å². The summed E-state index contributed by atoms with van der Waals surface area (Å²) in [5.41, 5.74) is 1.30. The van der Waals surface area contributed by atoms with Gasteiger partial charge < -0.3 is 4.52 Å². The maximum absolute atomic E-state index is 5.17. The summed E-state index contributed by atoms with van der Waals surface area (Å²) in [6, 6.07) is 10.3. The zero-order valence-corrected chi connectivity index (χ0v) is 8.73. The third-order valence-corrected chi connectivity index (χ3v) is 2.10. The second kappa shape index (κ2) is 6.25. The van der Waals surface area contributed by atoms with Gasteiger partial charge in [0.15, 0.2) is 8.60 Å². The van der Waals surface area contributed by atoms with Crippen molar-refractivity contribution >= 4 is 18.0 Å². The molecule has 0 aliphatic carbocycles. The molecule has 0 bridgehead atoms. The molecule has 2 nitrogen and oxygen atoms in total. The van der Waals surface area contributed by atoms with Crippen LogP contribution in [-0.4, -0.2) is 6.61 Å². The van der Waals surface area contributed by atoms with Gasteiger partial charge in [-0.1, -0.05) is 30.3 Å². The second-order valence-electron chi connectivity index (χ2n) is 2.27. The van der Waals surface area contributed by atoms with E-state index in [9.17, 15) is 0 Å². The number of benzene rings is 1. The lowest BCUT2D eigenvalue weighted by Crippen LogP contribution is -1.90. The third kappa shape index (κ3) is 3.92. The number of hydrogen-bond donors (Lipinski definition) is 0. The van der Waals surface area contributed by atoms with Crippen molar-refractivity contribution in [2.45, 2.75) is 6.42 Å². The highest BCUT2D eigenvalue weighted by Gasteiger charge is 1.89. The summed E-state index contributed by atoms with van der Waals surface area (Å²) >= 11 is 0. The topological polar surface area (TPSA) is 21.6 Å². The largest absolute Gasteiger partial charge is 0.311 e. The molecule has 0 spiro atoms. The van der Waals surface area contributed by atoms with Gasteiger partial charge in [-0.15, -0.1) is 0 Å². The minimum Gasteiger partial charge on any atom is -0.311 e. The van der Waals surface area contributed by atoms with Crippen molar-refractivity contribution in [3.8, 4) is 0 Å². The Morgan fingerprint density at radius 1 is 1.33 bits per heavy atom. The molecule has 1 unspecified atom stereocenters. The van der Waals surface area contributed by atoms with Gasteiger partial charge in [-0.25, -0.2) is 4.52 Å². The van der Waals surface area contributed by atoms with Crippen LogP contribution in [0.25, 0.3) is 0 Å². The summed E-state index contributed by atoms with van der Waals surface area (Å²) in [5.74, 6) is 0. The molecule has 12 heavy (non-hydrogen) atoms. The van der Waals surface area contributed by atoms with Crippen LogP contribution in [-0.2, 0) is 10.9 Å². The molecular formula is C8H11NOP2. The lowest BCUT2D eigenvalue weighted by Gasteiger charge is -1.97. The molecule has 1 aromatic carbocycles. The predicted octanol–water partition coefficient (Wildman–Crippen LogP) is 3.08. The van der Waals surface area contributed by atoms with Crippen LogP contribution in [0.3, 0.4) is 0 Å². The van der Waals surface area contributed by atoms with Crippen LogP contribution in [0, 0.1) is 0 Å². The summed E-state index contributed by atoms with van der Waals surface area (Å²) in [5, 5.41) is 0. The Morgan fingerprint density at radius 3 is 2.75 bits per heavy atom. The van der Waals surface area contributed by atoms with E-state index in [1.807, 2.05) is 18.2 Å². The summed E-state index contributed by atoms with van der Waals surface area (Å²) in [6.07, 6.45) is 0.952. The van der Waals surface area contributed by atoms with Gasteiger partial charge in [-0.05, 0) is 21.4 Å². The molecule has 0 amide bonds. The van der Waals surface area contributed by atoms with Crippen molar-refractivity contribution in [3.63, 3.8) is 0 Å². The van der Waals surface area contributed by atoms with Crippen molar-refractivity contribution in [2.75, 3.05) is 6.61 Å². The number of rotatable bonds is 4. The Kier molecular flexibility index (Phi) is 5.10. The summed E-state index contributed by atoms with van der Waals surface area (Å²) < 4.78 is 8.90. The van der Waals surface area contributed by atoms with Crippen LogP contribution in [0.1, 0.15) is 5.56 Å². The van der Waals surface area contributed by atoms with Gasteiger partial charge in [0.05, 0.1) is 6.61 Å². The first-order valence-corrected chi connectivity index (χ1v) is 4.98. The van der Waals surface area contributed by atoms with E-state index in [4.69, 9.17) is 4.52 Å². The molecule has 1 aromatic rings. The van der Waals surface area contributed by atoms with Crippen LogP contribution in [0.2, 0.25) is 0 Å². The average Bonchev–Trinajstić information content (AvgIpc) is 2.14. The van der Waals surface area contributed by atoms with E-state index >= 15 is 0 Å². The zero-order valence-electron chi connectivity index (χ0n) is 6.68. The first kappa shape index (κ1) is 9.80. The lowest BCUT2D eigenvalue weighted by atomic mass is 10.2. The zero-order chi connectivity index (χ0) is 8.65. The van der Waals surface area contributed by atoms with E-state index in [-0.39, 0.29) is 0 Å². The highest BCUT2D eigenvalue weighted by molar-refractivity contribution is 7.31. The van der Waals surface area contributed by atoms with E-state index in [2.05, 4.69) is 26.0 Å². The Labute approximate surface area is 76.6 Å². The molecule has 4 heteroatoms. The first-order valence-electron chi connectivity index (χ1n) is 3.69. The Bertz CT molecular complexity index is 238. The monoisotopic (exact) mass is 199 g/mol. The van der Waals surface area contributed by atoms with Gasteiger partial charge in [0.2, 0.25) is 0 Å². The fourth-order valence-electron chi connectivity index (χ4n) is 0.882. The van der Waals surface area contributed by atoms with Gasteiger partial charge in [0.1, 0.15) is 0 Å². The molecule has 0 saturated carbocycles. The van der Waals surface area contributed by atoms with E-state index in [1.54, 1.807) is 0 Å². The smallest absolute Gasteiger partial charge is 0.175 e. The predicted molar refractivity (Wildman–Crippen MR) is 55.2 cm³/mol. The fourth-order valence-corrected chi connectivity index (χ4v) is 1.32. The molecule has 0 N–H and O–H groups in total. The molecule has 0 saturated heterocycles. The molecule has 1 rings (SSSR count). The number of hydrogen-bond acceptors (Lipinski definition) is 2. The van der Waals surface area contributed by atoms with E-state index in [1.165, 1.54) is 5.56 Å². The van der Waals surface area contributed by atoms with Crippen molar-refractivity contribution in [1.29, 1.82) is 0 Å². The van der Waals surface area contributed by atoms with Crippen molar-refractivity contribution in [1.82, 2.24) is 0 Å². The molecule has 0 radical (unpaired) electrons. The standard InChI is InChI=1S/C8H11NOP2/c11-9-12-10-7-6-8-4-2-1-3-5-8/h1-5H,6-7,11H2. The fraction of sp³-hybridized carbons (Fsp3) is 0.250. The van der Waals surface area contributed by atoms with Crippen molar-refractivity contribution in [2.24, 2.45) is 4.52 Å². The quantitative estimate of drug-likeness (QED) is 0.539. The van der Waals surface area contributed by atoms with Gasteiger partial charge in [0.25, 0.3) is 0 Å². The van der Waals surface area contributed by atoms with E-state index in [0.29, 0.717) is 8.60 Å². The highest BCUT2D eigenvalue weighted by atomic mass is 31.1. The minimum atomic E-state index is 0.685. The third-order valence-electron chi connectivity index (χ3n) is 1.43. The van der Waals surface area contributed by atoms with Crippen LogP contribution >= 0.6 is 18.0 Å². The minimum absolute atomic E-state index is 0.685. The highest BCUT2D eigenvalue weighted by Crippen LogP contribution is 2.07. The maximum Gasteiger partial charge on any atom is 0.175 e. The Balaban J connectivity index is 2.24. The molecule has 0 aliphatic rings. The summed E-state index contributed by atoms with van der Waals surface area (Å²) in [4.78, 5) is 0. The molecular weight excluding hydrogens is 188 g/mol. The summed E-state index contributed by atoms with van der Waals surface area (Å²) in [7, 11) is 2.95. The average molecular weight is 199 g/mol. The van der Waals surface area contributed by atoms with E-state index in [0.717, 1.165) is 13.0 Å². The Morgan fingerprint density at radius 2 is 2.08 bits per heavy atom. The molecule has 0 fully saturated rings. The van der Waals surface area contributed by atoms with Crippen molar-refractivity contribution in [3.05, 3.63) is 35.9 Å². The molecule has 0 aliphatic heterocycles. The van der Waals surface area contributed by atoms with Crippen LogP contribution < -0.4 is 0 Å². The summed E-state index contributed by atoms with van der Waals surface area (Å²) in [6.45, 7) is 0.726. The first-order chi connectivity index (χ1) is 5.93. The molecule has 0 heterocycles. The van der Waals surface area contributed by atoms with Crippen LogP contribution in [0.15, 0.2) is 34.8 Å². The number of nitrogens with zero attached hydrogens (tertiary/aromatic N) is 1. The second-order valence-corrected chi connectivity index (χ2v) is 3.61. The SMILES string of the molecule is PN=POCCc1ccccc1. The van der Waals surface area contributed by atoms with Crippen LogP contribution in [0.5, 0.6) is 0 Å². The van der Waals surface area contributed by atoms with Crippen molar-refractivity contribution < 1.29 is 4.52 Å². The maximum atomic E-state index is 5.17. The van der Waals surface area contributed by atoms with Gasteiger partial charge >= 0.3 is 0 Å². The van der Waals surface area contributed by atoms with Crippen LogP contribution in [0.4, 0.5) is 0 Å². The molecule has 0 aromatic heterocycles. The normalized spacial score (nSPS) is 10.8. The lowest BCUT2D eigenvalue weighted by molar-refractivity contribution is 0.373. The van der Waals surface area contributed by atoms with Gasteiger partial charge in [-0.3, -0.25) is 0 Å². The molecule has 64 valence electrons. The molecule has 1 atom stereocenters. The van der Waals surface area contributed by atoms with E-state index < -0.39 is 0 Å². The Hall–Kier alpha value is -0.290. The van der Waals surface area contributed by atoms with Gasteiger partial charge in [0, 0.05) is 0 Å².